The highest BCUT2D eigenvalue weighted by Crippen LogP contribution is 2.16. The SMILES string of the molecule is COCCN(C)CCn1c(=S)[nH]c2ccc(OC)nc21. The molecule has 0 aromatic carbocycles. The van der Waals surface area contributed by atoms with Crippen molar-refractivity contribution in [3.05, 3.63) is 16.9 Å². The first-order chi connectivity index (χ1) is 9.65. The number of imidazole rings is 1. The average Bonchev–Trinajstić information content (AvgIpc) is 2.77. The molecule has 0 atom stereocenters. The van der Waals surface area contributed by atoms with Gasteiger partial charge in [0.15, 0.2) is 10.4 Å². The van der Waals surface area contributed by atoms with E-state index in [1.54, 1.807) is 14.2 Å². The Morgan fingerprint density at radius 1 is 1.35 bits per heavy atom. The number of nitrogens with one attached hydrogen (secondary N) is 1. The quantitative estimate of drug-likeness (QED) is 0.788. The van der Waals surface area contributed by atoms with Crippen LogP contribution < -0.4 is 4.74 Å². The number of fused-ring (bicyclic) bond motifs is 1. The lowest BCUT2D eigenvalue weighted by molar-refractivity contribution is 0.159. The Morgan fingerprint density at radius 2 is 2.15 bits per heavy atom. The van der Waals surface area contributed by atoms with Gasteiger partial charge in [0, 0.05) is 32.8 Å². The van der Waals surface area contributed by atoms with Gasteiger partial charge in [0.05, 0.1) is 19.2 Å². The highest BCUT2D eigenvalue weighted by molar-refractivity contribution is 7.71. The summed E-state index contributed by atoms with van der Waals surface area (Å²) in [7, 11) is 5.38. The summed E-state index contributed by atoms with van der Waals surface area (Å²) in [6, 6.07) is 3.75. The summed E-state index contributed by atoms with van der Waals surface area (Å²) in [5, 5.41) is 0. The molecule has 2 rings (SSSR count). The molecule has 7 heteroatoms. The number of likely N-dealkylation sites (N-methyl/N-ethyl adjacent to an activating group) is 1. The van der Waals surface area contributed by atoms with Crippen molar-refractivity contribution in [2.45, 2.75) is 6.54 Å². The third-order valence-electron chi connectivity index (χ3n) is 3.18. The molecule has 0 aliphatic carbocycles. The zero-order chi connectivity index (χ0) is 14.5. The van der Waals surface area contributed by atoms with Crippen molar-refractivity contribution in [1.29, 1.82) is 0 Å². The van der Waals surface area contributed by atoms with Gasteiger partial charge in [-0.15, -0.1) is 0 Å². The molecule has 2 heterocycles. The van der Waals surface area contributed by atoms with Crippen molar-refractivity contribution < 1.29 is 9.47 Å². The number of ether oxygens (including phenoxy) is 2. The van der Waals surface area contributed by atoms with Crippen molar-refractivity contribution in [2.75, 3.05) is 41.0 Å². The molecule has 0 unspecified atom stereocenters. The van der Waals surface area contributed by atoms with Crippen LogP contribution in [0.2, 0.25) is 0 Å². The summed E-state index contributed by atoms with van der Waals surface area (Å²) in [5.41, 5.74) is 1.75. The van der Waals surface area contributed by atoms with Gasteiger partial charge in [-0.2, -0.15) is 4.98 Å². The van der Waals surface area contributed by atoms with E-state index >= 15 is 0 Å². The topological polar surface area (TPSA) is 55.3 Å². The highest BCUT2D eigenvalue weighted by atomic mass is 32.1. The lowest BCUT2D eigenvalue weighted by Crippen LogP contribution is -2.26. The summed E-state index contributed by atoms with van der Waals surface area (Å²) >= 11 is 5.36. The van der Waals surface area contributed by atoms with Crippen LogP contribution in [0.25, 0.3) is 11.2 Å². The second kappa shape index (κ2) is 6.83. The minimum absolute atomic E-state index is 0.591. The zero-order valence-electron chi connectivity index (χ0n) is 12.0. The Labute approximate surface area is 123 Å². The number of hydrogen-bond donors (Lipinski definition) is 1. The monoisotopic (exact) mass is 296 g/mol. The van der Waals surface area contributed by atoms with Crippen molar-refractivity contribution in [1.82, 2.24) is 19.4 Å². The second-order valence-electron chi connectivity index (χ2n) is 4.60. The van der Waals surface area contributed by atoms with E-state index in [0.29, 0.717) is 10.7 Å². The van der Waals surface area contributed by atoms with Crippen LogP contribution >= 0.6 is 12.2 Å². The van der Waals surface area contributed by atoms with Crippen LogP contribution in [0.15, 0.2) is 12.1 Å². The number of hydrogen-bond acceptors (Lipinski definition) is 5. The molecule has 6 nitrogen and oxygen atoms in total. The Kier molecular flexibility index (Phi) is 5.11. The van der Waals surface area contributed by atoms with E-state index in [0.717, 1.165) is 37.4 Å². The summed E-state index contributed by atoms with van der Waals surface area (Å²) in [6.07, 6.45) is 0. The Morgan fingerprint density at radius 3 is 2.85 bits per heavy atom. The van der Waals surface area contributed by atoms with Crippen molar-refractivity contribution in [3.8, 4) is 5.88 Å². The zero-order valence-corrected chi connectivity index (χ0v) is 12.9. The van der Waals surface area contributed by atoms with Crippen LogP contribution in [0.3, 0.4) is 0 Å². The first-order valence-corrected chi connectivity index (χ1v) is 6.87. The Balaban J connectivity index is 2.16. The lowest BCUT2D eigenvalue weighted by Gasteiger charge is -2.16. The van der Waals surface area contributed by atoms with E-state index < -0.39 is 0 Å². The first kappa shape index (κ1) is 15.0. The molecular weight excluding hydrogens is 276 g/mol. The van der Waals surface area contributed by atoms with Gasteiger partial charge in [0.1, 0.15) is 0 Å². The van der Waals surface area contributed by atoms with E-state index in [2.05, 4.69) is 21.9 Å². The number of H-pyrrole nitrogens is 1. The van der Waals surface area contributed by atoms with Gasteiger partial charge >= 0.3 is 0 Å². The molecule has 0 radical (unpaired) electrons. The first-order valence-electron chi connectivity index (χ1n) is 6.46. The summed E-state index contributed by atoms with van der Waals surface area (Å²) < 4.78 is 12.9. The summed E-state index contributed by atoms with van der Waals surface area (Å²) in [6.45, 7) is 3.27. The predicted molar refractivity (Wildman–Crippen MR) is 80.8 cm³/mol. The second-order valence-corrected chi connectivity index (χ2v) is 4.99. The third-order valence-corrected chi connectivity index (χ3v) is 3.51. The molecule has 0 amide bonds. The number of rotatable bonds is 7. The highest BCUT2D eigenvalue weighted by Gasteiger charge is 2.08. The molecule has 1 N–H and O–H groups in total. The third kappa shape index (κ3) is 3.36. The Bertz CT molecular complexity index is 622. The smallest absolute Gasteiger partial charge is 0.215 e. The van der Waals surface area contributed by atoms with Gasteiger partial charge in [-0.25, -0.2) is 0 Å². The van der Waals surface area contributed by atoms with Gasteiger partial charge in [0.2, 0.25) is 5.88 Å². The molecule has 2 aromatic rings. The lowest BCUT2D eigenvalue weighted by atomic mass is 10.4. The van der Waals surface area contributed by atoms with E-state index in [4.69, 9.17) is 21.7 Å². The number of pyridine rings is 1. The van der Waals surface area contributed by atoms with E-state index in [-0.39, 0.29) is 0 Å². The molecule has 0 aliphatic rings. The van der Waals surface area contributed by atoms with Crippen molar-refractivity contribution in [3.63, 3.8) is 0 Å². The molecule has 2 aromatic heterocycles. The predicted octanol–water partition coefficient (Wildman–Crippen LogP) is 1.68. The van der Waals surface area contributed by atoms with Crippen LogP contribution in [0.5, 0.6) is 5.88 Å². The van der Waals surface area contributed by atoms with Crippen molar-refractivity contribution in [2.24, 2.45) is 0 Å². The molecule has 0 spiro atoms. The fourth-order valence-electron chi connectivity index (χ4n) is 1.96. The molecule has 20 heavy (non-hydrogen) atoms. The molecule has 0 aliphatic heterocycles. The minimum atomic E-state index is 0.591. The van der Waals surface area contributed by atoms with Crippen LogP contribution in [-0.2, 0) is 11.3 Å². The van der Waals surface area contributed by atoms with Gasteiger partial charge < -0.3 is 23.9 Å². The summed E-state index contributed by atoms with van der Waals surface area (Å²) in [4.78, 5) is 9.81. The van der Waals surface area contributed by atoms with Crippen LogP contribution in [-0.4, -0.2) is 60.4 Å². The standard InChI is InChI=1S/C13H20N4O2S/c1-16(8-9-18-2)6-7-17-12-10(14-13(17)20)4-5-11(15-12)19-3/h4-5H,6-9H2,1-3H3,(H,14,20). The number of methoxy groups -OCH3 is 2. The molecule has 0 saturated heterocycles. The van der Waals surface area contributed by atoms with Gasteiger partial charge in [-0.1, -0.05) is 0 Å². The van der Waals surface area contributed by atoms with Crippen molar-refractivity contribution >= 4 is 23.4 Å². The van der Waals surface area contributed by atoms with Gasteiger partial charge in [0.25, 0.3) is 0 Å². The minimum Gasteiger partial charge on any atom is -0.481 e. The maximum atomic E-state index is 5.36. The van der Waals surface area contributed by atoms with Crippen LogP contribution in [0.1, 0.15) is 0 Å². The largest absolute Gasteiger partial charge is 0.481 e. The van der Waals surface area contributed by atoms with E-state index in [1.807, 2.05) is 16.7 Å². The number of aromatic amines is 1. The average molecular weight is 296 g/mol. The maximum absolute atomic E-state index is 5.36. The number of aromatic nitrogens is 3. The normalized spacial score (nSPS) is 11.4. The molecule has 0 bridgehead atoms. The van der Waals surface area contributed by atoms with Gasteiger partial charge in [-0.3, -0.25) is 0 Å². The Hall–Kier alpha value is -1.44. The molecular formula is C13H20N4O2S. The van der Waals surface area contributed by atoms with E-state index in [1.165, 1.54) is 0 Å². The molecule has 0 fully saturated rings. The summed E-state index contributed by atoms with van der Waals surface area (Å²) in [5.74, 6) is 0.591. The van der Waals surface area contributed by atoms with Crippen LogP contribution in [0.4, 0.5) is 0 Å². The van der Waals surface area contributed by atoms with Gasteiger partial charge in [-0.05, 0) is 25.3 Å². The fraction of sp³-hybridized carbons (Fsp3) is 0.538. The maximum Gasteiger partial charge on any atom is 0.215 e. The van der Waals surface area contributed by atoms with Crippen LogP contribution in [0, 0.1) is 4.77 Å². The fourth-order valence-corrected chi connectivity index (χ4v) is 2.25. The van der Waals surface area contributed by atoms with E-state index in [9.17, 15) is 0 Å². The molecule has 110 valence electrons. The molecule has 0 saturated carbocycles. The number of nitrogens with zero attached hydrogens (tertiary/aromatic N) is 3.